The number of aromatic hydroxyl groups is 2. The van der Waals surface area contributed by atoms with Crippen molar-refractivity contribution >= 4 is 11.9 Å². The minimum Gasteiger partial charge on any atom is -0.504 e. The number of ether oxygens (including phenoxy) is 2. The van der Waals surface area contributed by atoms with Gasteiger partial charge in [0.25, 0.3) is 0 Å². The second kappa shape index (κ2) is 10.0. The third kappa shape index (κ3) is 6.55. The molecule has 1 aromatic rings. The van der Waals surface area contributed by atoms with Crippen molar-refractivity contribution in [3.05, 3.63) is 23.8 Å². The highest BCUT2D eigenvalue weighted by Crippen LogP contribution is 2.25. The Hall–Kier alpha value is -2.28. The number of carbonyl (C=O) groups excluding carboxylic acids is 2. The number of phenolic OH excluding ortho intramolecular Hbond substituents is 2. The summed E-state index contributed by atoms with van der Waals surface area (Å²) in [6.07, 6.45) is 0.539. The number of phenols is 2. The molecule has 146 valence electrons. The summed E-state index contributed by atoms with van der Waals surface area (Å²) in [6.45, 7) is 7.10. The van der Waals surface area contributed by atoms with Gasteiger partial charge in [-0.25, -0.2) is 0 Å². The highest BCUT2D eigenvalue weighted by Gasteiger charge is 2.25. The van der Waals surface area contributed by atoms with Crippen molar-refractivity contribution in [3.8, 4) is 11.5 Å². The fraction of sp³-hybridized carbons (Fsp3) is 0.579. The number of hydrogen-bond acceptors (Lipinski definition) is 7. The average molecular weight is 367 g/mol. The topological polar surface area (TPSA) is 119 Å². The Balaban J connectivity index is 2.53. The van der Waals surface area contributed by atoms with Gasteiger partial charge in [0.05, 0.1) is 5.92 Å². The van der Waals surface area contributed by atoms with E-state index in [0.717, 1.165) is 12.8 Å². The van der Waals surface area contributed by atoms with E-state index in [9.17, 15) is 19.8 Å². The highest BCUT2D eigenvalue weighted by molar-refractivity contribution is 5.76. The molecule has 0 amide bonds. The van der Waals surface area contributed by atoms with Gasteiger partial charge in [-0.15, -0.1) is 0 Å². The highest BCUT2D eigenvalue weighted by atomic mass is 16.6. The van der Waals surface area contributed by atoms with Crippen LogP contribution in [0.5, 0.6) is 11.5 Å². The van der Waals surface area contributed by atoms with Gasteiger partial charge in [0.1, 0.15) is 18.2 Å². The molecule has 4 atom stereocenters. The van der Waals surface area contributed by atoms with Crippen LogP contribution < -0.4 is 5.73 Å². The summed E-state index contributed by atoms with van der Waals surface area (Å²) in [5.41, 5.74) is 6.44. The number of carbonyl (C=O) groups is 2. The van der Waals surface area contributed by atoms with Gasteiger partial charge in [-0.2, -0.15) is 0 Å². The largest absolute Gasteiger partial charge is 0.504 e. The van der Waals surface area contributed by atoms with E-state index in [0.29, 0.717) is 5.56 Å². The van der Waals surface area contributed by atoms with Crippen LogP contribution in [-0.2, 0) is 25.5 Å². The van der Waals surface area contributed by atoms with Gasteiger partial charge in [-0.1, -0.05) is 26.3 Å². The molecule has 0 spiro atoms. The standard InChI is InChI=1S/C19H29NO6/c1-5-6-11(2)18(23)25-12(3)13(4)26-19(24)15(20)9-14-7-8-16(21)17(22)10-14/h7-8,10-13,15,21-22H,5-6,9,20H2,1-4H3/t11?,12-,13+,15-/m0/s1. The zero-order valence-corrected chi connectivity index (χ0v) is 15.8. The van der Waals surface area contributed by atoms with Crippen molar-refractivity contribution in [2.45, 2.75) is 65.2 Å². The van der Waals surface area contributed by atoms with Crippen LogP contribution in [0.25, 0.3) is 0 Å². The normalized spacial score (nSPS) is 15.6. The molecule has 1 unspecified atom stereocenters. The van der Waals surface area contributed by atoms with Crippen molar-refractivity contribution in [2.24, 2.45) is 11.7 Å². The van der Waals surface area contributed by atoms with E-state index in [4.69, 9.17) is 15.2 Å². The molecule has 0 bridgehead atoms. The molecule has 1 rings (SSSR count). The molecular formula is C19H29NO6. The monoisotopic (exact) mass is 367 g/mol. The number of rotatable bonds is 9. The van der Waals surface area contributed by atoms with Gasteiger partial charge in [0, 0.05) is 0 Å². The third-order valence-electron chi connectivity index (χ3n) is 4.19. The number of benzene rings is 1. The number of hydrogen-bond donors (Lipinski definition) is 3. The maximum absolute atomic E-state index is 12.1. The van der Waals surface area contributed by atoms with Crippen LogP contribution in [0.2, 0.25) is 0 Å². The minimum atomic E-state index is -0.941. The Morgan fingerprint density at radius 3 is 2.15 bits per heavy atom. The molecular weight excluding hydrogens is 338 g/mol. The lowest BCUT2D eigenvalue weighted by Gasteiger charge is -2.23. The summed E-state index contributed by atoms with van der Waals surface area (Å²) in [5.74, 6) is -1.67. The Morgan fingerprint density at radius 1 is 1.04 bits per heavy atom. The van der Waals surface area contributed by atoms with Gasteiger partial charge < -0.3 is 25.4 Å². The summed E-state index contributed by atoms with van der Waals surface area (Å²) in [6, 6.07) is 3.28. The van der Waals surface area contributed by atoms with Crippen molar-refractivity contribution in [1.29, 1.82) is 0 Å². The van der Waals surface area contributed by atoms with Gasteiger partial charge >= 0.3 is 11.9 Å². The Labute approximate surface area is 154 Å². The van der Waals surface area contributed by atoms with E-state index in [1.54, 1.807) is 26.8 Å². The smallest absolute Gasteiger partial charge is 0.323 e. The van der Waals surface area contributed by atoms with Crippen LogP contribution in [0.1, 0.15) is 46.1 Å². The molecule has 0 fully saturated rings. The first-order chi connectivity index (χ1) is 12.1. The van der Waals surface area contributed by atoms with Crippen LogP contribution in [0.4, 0.5) is 0 Å². The summed E-state index contributed by atoms with van der Waals surface area (Å²) in [4.78, 5) is 24.1. The molecule has 0 aliphatic rings. The summed E-state index contributed by atoms with van der Waals surface area (Å²) >= 11 is 0. The van der Waals surface area contributed by atoms with Gasteiger partial charge in [-0.3, -0.25) is 9.59 Å². The third-order valence-corrected chi connectivity index (χ3v) is 4.19. The fourth-order valence-corrected chi connectivity index (χ4v) is 2.35. The van der Waals surface area contributed by atoms with E-state index in [2.05, 4.69) is 0 Å². The first kappa shape index (κ1) is 21.8. The maximum atomic E-state index is 12.1. The van der Waals surface area contributed by atoms with Gasteiger partial charge in [0.2, 0.25) is 0 Å². The number of esters is 2. The molecule has 1 aromatic carbocycles. The van der Waals surface area contributed by atoms with Crippen LogP contribution in [0, 0.1) is 5.92 Å². The predicted octanol–water partition coefficient (Wildman–Crippen LogP) is 2.27. The first-order valence-electron chi connectivity index (χ1n) is 8.83. The van der Waals surface area contributed by atoms with Gasteiger partial charge in [-0.05, 0) is 44.4 Å². The molecule has 7 heteroatoms. The zero-order chi connectivity index (χ0) is 19.9. The van der Waals surface area contributed by atoms with E-state index in [-0.39, 0.29) is 29.8 Å². The Morgan fingerprint density at radius 2 is 1.62 bits per heavy atom. The lowest BCUT2D eigenvalue weighted by atomic mass is 10.1. The zero-order valence-electron chi connectivity index (χ0n) is 15.8. The van der Waals surface area contributed by atoms with Crippen molar-refractivity contribution < 1.29 is 29.3 Å². The Kier molecular flexibility index (Phi) is 8.38. The van der Waals surface area contributed by atoms with Crippen LogP contribution in [-0.4, -0.2) is 40.4 Å². The quantitative estimate of drug-likeness (QED) is 0.452. The van der Waals surface area contributed by atoms with Crippen molar-refractivity contribution in [2.75, 3.05) is 0 Å². The number of nitrogens with two attached hydrogens (primary N) is 1. The summed E-state index contributed by atoms with van der Waals surface area (Å²) < 4.78 is 10.6. The van der Waals surface area contributed by atoms with E-state index >= 15 is 0 Å². The maximum Gasteiger partial charge on any atom is 0.323 e. The fourth-order valence-electron chi connectivity index (χ4n) is 2.35. The minimum absolute atomic E-state index is 0.140. The second-order valence-corrected chi connectivity index (χ2v) is 6.61. The summed E-state index contributed by atoms with van der Waals surface area (Å²) in [5, 5.41) is 18.8. The molecule has 0 saturated heterocycles. The lowest BCUT2D eigenvalue weighted by Crippen LogP contribution is -2.40. The van der Waals surface area contributed by atoms with Gasteiger partial charge in [0.15, 0.2) is 11.5 Å². The van der Waals surface area contributed by atoms with Crippen LogP contribution in [0.3, 0.4) is 0 Å². The SMILES string of the molecule is CCCC(C)C(=O)O[C@@H](C)[C@@H](C)OC(=O)[C@@H](N)Cc1ccc(O)c(O)c1. The molecule has 0 aromatic heterocycles. The van der Waals surface area contributed by atoms with Crippen LogP contribution >= 0.6 is 0 Å². The summed E-state index contributed by atoms with van der Waals surface area (Å²) in [7, 11) is 0. The molecule has 7 nitrogen and oxygen atoms in total. The van der Waals surface area contributed by atoms with E-state index in [1.807, 2.05) is 6.92 Å². The molecule has 0 saturated carbocycles. The molecule has 4 N–H and O–H groups in total. The van der Waals surface area contributed by atoms with Crippen molar-refractivity contribution in [3.63, 3.8) is 0 Å². The van der Waals surface area contributed by atoms with Crippen LogP contribution in [0.15, 0.2) is 18.2 Å². The average Bonchev–Trinajstić information content (AvgIpc) is 2.58. The van der Waals surface area contributed by atoms with E-state index in [1.165, 1.54) is 12.1 Å². The molecule has 26 heavy (non-hydrogen) atoms. The second-order valence-electron chi connectivity index (χ2n) is 6.61. The van der Waals surface area contributed by atoms with Crippen molar-refractivity contribution in [1.82, 2.24) is 0 Å². The lowest BCUT2D eigenvalue weighted by molar-refractivity contribution is -0.168. The molecule has 0 aliphatic carbocycles. The van der Waals surface area contributed by atoms with E-state index < -0.39 is 24.2 Å². The first-order valence-corrected chi connectivity index (χ1v) is 8.83. The Bertz CT molecular complexity index is 618. The molecule has 0 radical (unpaired) electrons. The molecule has 0 heterocycles. The predicted molar refractivity (Wildman–Crippen MR) is 96.6 cm³/mol. The molecule has 0 aliphatic heterocycles.